The van der Waals surface area contributed by atoms with E-state index in [4.69, 9.17) is 0 Å². The Morgan fingerprint density at radius 1 is 1.40 bits per heavy atom. The topological polar surface area (TPSA) is 49.4 Å². The van der Waals surface area contributed by atoms with Crippen LogP contribution in [-0.2, 0) is 0 Å². The Morgan fingerprint density at radius 3 is 2.73 bits per heavy atom. The van der Waals surface area contributed by atoms with Crippen LogP contribution in [0, 0.1) is 6.92 Å². The van der Waals surface area contributed by atoms with Gasteiger partial charge in [-0.1, -0.05) is 18.2 Å². The van der Waals surface area contributed by atoms with E-state index in [1.807, 2.05) is 19.1 Å². The summed E-state index contributed by atoms with van der Waals surface area (Å²) in [6, 6.07) is 6.97. The lowest BCUT2D eigenvalue weighted by atomic mass is 10.1. The van der Waals surface area contributed by atoms with Gasteiger partial charge in [0.25, 0.3) is 5.91 Å². The van der Waals surface area contributed by atoms with Crippen molar-refractivity contribution in [2.24, 2.45) is 0 Å². The monoisotopic (exact) mass is 204 g/mol. The van der Waals surface area contributed by atoms with Crippen LogP contribution in [0.2, 0.25) is 0 Å². The summed E-state index contributed by atoms with van der Waals surface area (Å²) >= 11 is 0. The van der Waals surface area contributed by atoms with Crippen LogP contribution < -0.4 is 5.32 Å². The number of nitrogens with zero attached hydrogens (tertiary/aromatic N) is 1. The summed E-state index contributed by atoms with van der Waals surface area (Å²) < 4.78 is 0. The SMILES string of the molecule is Cc1ccccc1C(=O)N1CCNC1=O. The van der Waals surface area contributed by atoms with Gasteiger partial charge in [-0.3, -0.25) is 9.69 Å². The predicted molar refractivity (Wildman–Crippen MR) is 55.6 cm³/mol. The third kappa shape index (κ3) is 1.70. The summed E-state index contributed by atoms with van der Waals surface area (Å²) in [6.07, 6.45) is 0. The minimum atomic E-state index is -0.303. The van der Waals surface area contributed by atoms with Gasteiger partial charge in [-0.2, -0.15) is 0 Å². The van der Waals surface area contributed by atoms with Gasteiger partial charge in [0.05, 0.1) is 0 Å². The van der Waals surface area contributed by atoms with Gasteiger partial charge in [-0.25, -0.2) is 4.79 Å². The number of urea groups is 1. The molecule has 1 fully saturated rings. The van der Waals surface area contributed by atoms with Crippen molar-refractivity contribution in [3.63, 3.8) is 0 Å². The van der Waals surface area contributed by atoms with Crippen LogP contribution in [0.15, 0.2) is 24.3 Å². The second-order valence-electron chi connectivity index (χ2n) is 3.50. The van der Waals surface area contributed by atoms with Gasteiger partial charge >= 0.3 is 6.03 Å². The maximum atomic E-state index is 11.9. The number of carbonyl (C=O) groups is 2. The number of hydrogen-bond acceptors (Lipinski definition) is 2. The Labute approximate surface area is 87.9 Å². The molecule has 0 aliphatic carbocycles. The summed E-state index contributed by atoms with van der Waals surface area (Å²) in [5.74, 6) is -0.219. The number of imide groups is 1. The molecule has 1 aromatic rings. The lowest BCUT2D eigenvalue weighted by molar-refractivity contribution is 0.0828. The number of benzene rings is 1. The normalized spacial score (nSPS) is 15.3. The van der Waals surface area contributed by atoms with Crippen LogP contribution in [0.3, 0.4) is 0 Å². The number of amides is 3. The molecule has 1 N–H and O–H groups in total. The molecule has 1 saturated heterocycles. The highest BCUT2D eigenvalue weighted by Crippen LogP contribution is 2.11. The van der Waals surface area contributed by atoms with Crippen LogP contribution in [0.5, 0.6) is 0 Å². The van der Waals surface area contributed by atoms with Crippen molar-refractivity contribution in [2.45, 2.75) is 6.92 Å². The molecule has 0 spiro atoms. The average molecular weight is 204 g/mol. The van der Waals surface area contributed by atoms with E-state index in [1.165, 1.54) is 4.90 Å². The Balaban J connectivity index is 2.28. The van der Waals surface area contributed by atoms with E-state index in [0.717, 1.165) is 5.56 Å². The van der Waals surface area contributed by atoms with Gasteiger partial charge in [-0.15, -0.1) is 0 Å². The molecule has 0 aromatic heterocycles. The van der Waals surface area contributed by atoms with E-state index < -0.39 is 0 Å². The number of hydrogen-bond donors (Lipinski definition) is 1. The fourth-order valence-electron chi connectivity index (χ4n) is 1.62. The molecule has 0 saturated carbocycles. The molecule has 78 valence electrons. The van der Waals surface area contributed by atoms with Gasteiger partial charge in [0.15, 0.2) is 0 Å². The molecule has 0 atom stereocenters. The molecule has 1 heterocycles. The van der Waals surface area contributed by atoms with Gasteiger partial charge < -0.3 is 5.32 Å². The zero-order valence-corrected chi connectivity index (χ0v) is 8.49. The molecule has 2 rings (SSSR count). The predicted octanol–water partition coefficient (Wildman–Crippen LogP) is 1.16. The average Bonchev–Trinajstić information content (AvgIpc) is 2.64. The third-order valence-electron chi connectivity index (χ3n) is 2.48. The van der Waals surface area contributed by atoms with E-state index in [-0.39, 0.29) is 11.9 Å². The van der Waals surface area contributed by atoms with Crippen molar-refractivity contribution in [1.82, 2.24) is 10.2 Å². The Kier molecular flexibility index (Phi) is 2.41. The maximum absolute atomic E-state index is 11.9. The molecule has 4 heteroatoms. The summed E-state index contributed by atoms with van der Waals surface area (Å²) in [4.78, 5) is 24.5. The summed E-state index contributed by atoms with van der Waals surface area (Å²) in [7, 11) is 0. The first kappa shape index (κ1) is 9.71. The van der Waals surface area contributed by atoms with Gasteiger partial charge in [-0.05, 0) is 18.6 Å². The summed E-state index contributed by atoms with van der Waals surface area (Å²) in [5, 5.41) is 2.61. The second-order valence-corrected chi connectivity index (χ2v) is 3.50. The molecule has 1 aliphatic rings. The van der Waals surface area contributed by atoms with Crippen molar-refractivity contribution < 1.29 is 9.59 Å². The van der Waals surface area contributed by atoms with Crippen LogP contribution in [0.1, 0.15) is 15.9 Å². The van der Waals surface area contributed by atoms with Crippen molar-refractivity contribution in [3.05, 3.63) is 35.4 Å². The molecule has 0 radical (unpaired) electrons. The van der Waals surface area contributed by atoms with Gasteiger partial charge in [0.1, 0.15) is 0 Å². The van der Waals surface area contributed by atoms with Crippen molar-refractivity contribution in [2.75, 3.05) is 13.1 Å². The molecule has 0 unspecified atom stereocenters. The molecular weight excluding hydrogens is 192 g/mol. The van der Waals surface area contributed by atoms with Crippen LogP contribution >= 0.6 is 0 Å². The first-order valence-corrected chi connectivity index (χ1v) is 4.85. The van der Waals surface area contributed by atoms with Crippen molar-refractivity contribution >= 4 is 11.9 Å². The van der Waals surface area contributed by atoms with E-state index in [9.17, 15) is 9.59 Å². The largest absolute Gasteiger partial charge is 0.336 e. The van der Waals surface area contributed by atoms with Gasteiger partial charge in [0.2, 0.25) is 0 Å². The number of aryl methyl sites for hydroxylation is 1. The smallest absolute Gasteiger partial charge is 0.324 e. The highest BCUT2D eigenvalue weighted by atomic mass is 16.2. The maximum Gasteiger partial charge on any atom is 0.324 e. The number of rotatable bonds is 1. The first-order chi connectivity index (χ1) is 7.20. The van der Waals surface area contributed by atoms with Crippen molar-refractivity contribution in [1.29, 1.82) is 0 Å². The summed E-state index contributed by atoms with van der Waals surface area (Å²) in [5.41, 5.74) is 1.48. The number of nitrogens with one attached hydrogen (secondary N) is 1. The van der Waals surface area contributed by atoms with Gasteiger partial charge in [0, 0.05) is 18.7 Å². The summed E-state index contributed by atoms with van der Waals surface area (Å²) in [6.45, 7) is 2.85. The lowest BCUT2D eigenvalue weighted by Gasteiger charge is -2.13. The fourth-order valence-corrected chi connectivity index (χ4v) is 1.62. The van der Waals surface area contributed by atoms with E-state index in [1.54, 1.807) is 12.1 Å². The fraction of sp³-hybridized carbons (Fsp3) is 0.273. The van der Waals surface area contributed by atoms with Crippen LogP contribution in [0.4, 0.5) is 4.79 Å². The second kappa shape index (κ2) is 3.73. The lowest BCUT2D eigenvalue weighted by Crippen LogP contribution is -2.34. The van der Waals surface area contributed by atoms with E-state index in [0.29, 0.717) is 18.7 Å². The zero-order valence-electron chi connectivity index (χ0n) is 8.49. The molecule has 15 heavy (non-hydrogen) atoms. The molecule has 0 bridgehead atoms. The van der Waals surface area contributed by atoms with Crippen molar-refractivity contribution in [3.8, 4) is 0 Å². The molecular formula is C11H12N2O2. The Morgan fingerprint density at radius 2 is 2.13 bits per heavy atom. The minimum absolute atomic E-state index is 0.219. The highest BCUT2D eigenvalue weighted by molar-refractivity contribution is 6.05. The highest BCUT2D eigenvalue weighted by Gasteiger charge is 2.27. The number of carbonyl (C=O) groups excluding carboxylic acids is 2. The Hall–Kier alpha value is -1.84. The zero-order chi connectivity index (χ0) is 10.8. The minimum Gasteiger partial charge on any atom is -0.336 e. The van der Waals surface area contributed by atoms with E-state index >= 15 is 0 Å². The van der Waals surface area contributed by atoms with Crippen LogP contribution in [-0.4, -0.2) is 29.9 Å². The standard InChI is InChI=1S/C11H12N2O2/c1-8-4-2-3-5-9(8)10(14)13-7-6-12-11(13)15/h2-5H,6-7H2,1H3,(H,12,15). The molecule has 1 aliphatic heterocycles. The first-order valence-electron chi connectivity index (χ1n) is 4.85. The third-order valence-corrected chi connectivity index (χ3v) is 2.48. The quantitative estimate of drug-likeness (QED) is 0.746. The Bertz CT molecular complexity index is 415. The van der Waals surface area contributed by atoms with Crippen LogP contribution in [0.25, 0.3) is 0 Å². The van der Waals surface area contributed by atoms with E-state index in [2.05, 4.69) is 5.32 Å². The molecule has 1 aromatic carbocycles. The molecule has 3 amide bonds. The molecule has 4 nitrogen and oxygen atoms in total.